The van der Waals surface area contributed by atoms with Gasteiger partial charge >= 0.3 is 0 Å². The summed E-state index contributed by atoms with van der Waals surface area (Å²) in [6, 6.07) is 23.0. The average molecular weight is 322 g/mol. The van der Waals surface area contributed by atoms with E-state index in [1.165, 1.54) is 60.6 Å². The van der Waals surface area contributed by atoms with Gasteiger partial charge in [-0.1, -0.05) is 80.9 Å². The molecule has 0 saturated carbocycles. The highest BCUT2D eigenvalue weighted by Crippen LogP contribution is 2.41. The Hall–Kier alpha value is -2.60. The molecule has 0 amide bonds. The molecule has 5 aromatic rings. The van der Waals surface area contributed by atoms with Crippen molar-refractivity contribution in [2.24, 2.45) is 0 Å². The van der Waals surface area contributed by atoms with Gasteiger partial charge in [0.1, 0.15) is 0 Å². The van der Waals surface area contributed by atoms with Crippen LogP contribution >= 0.6 is 0 Å². The van der Waals surface area contributed by atoms with Gasteiger partial charge in [-0.05, 0) is 67.1 Å². The summed E-state index contributed by atoms with van der Waals surface area (Å²) < 4.78 is 0. The number of hydrogen-bond donors (Lipinski definition) is 0. The van der Waals surface area contributed by atoms with E-state index < -0.39 is 0 Å². The van der Waals surface area contributed by atoms with Crippen molar-refractivity contribution in [2.75, 3.05) is 0 Å². The van der Waals surface area contributed by atoms with Crippen LogP contribution in [0.25, 0.3) is 43.1 Å². The molecule has 0 heteroatoms. The van der Waals surface area contributed by atoms with E-state index in [0.717, 1.165) is 12.8 Å². The summed E-state index contributed by atoms with van der Waals surface area (Å²) in [7, 11) is 0. The molecule has 0 aliphatic carbocycles. The Labute approximate surface area is 148 Å². The number of rotatable bonds is 3. The van der Waals surface area contributed by atoms with Gasteiger partial charge in [0.05, 0.1) is 0 Å². The molecular weight excluding hydrogens is 300 g/mol. The van der Waals surface area contributed by atoms with Gasteiger partial charge in [-0.15, -0.1) is 0 Å². The topological polar surface area (TPSA) is 0 Å². The van der Waals surface area contributed by atoms with Gasteiger partial charge in [-0.3, -0.25) is 0 Å². The summed E-state index contributed by atoms with van der Waals surface area (Å²) in [6.45, 7) is 4.51. The summed E-state index contributed by atoms with van der Waals surface area (Å²) in [4.78, 5) is 0. The largest absolute Gasteiger partial charge is 0.0651 e. The summed E-state index contributed by atoms with van der Waals surface area (Å²) in [5, 5.41) is 11.3. The van der Waals surface area contributed by atoms with Crippen molar-refractivity contribution in [2.45, 2.75) is 33.1 Å². The lowest BCUT2D eigenvalue weighted by Crippen LogP contribution is -1.92. The Morgan fingerprint density at radius 3 is 1.56 bits per heavy atom. The van der Waals surface area contributed by atoms with E-state index in [1.807, 2.05) is 0 Å². The van der Waals surface area contributed by atoms with E-state index in [0.29, 0.717) is 0 Å². The van der Waals surface area contributed by atoms with Gasteiger partial charge in [0, 0.05) is 0 Å². The van der Waals surface area contributed by atoms with Crippen molar-refractivity contribution in [1.82, 2.24) is 0 Å². The van der Waals surface area contributed by atoms with Crippen LogP contribution in [0.5, 0.6) is 0 Å². The van der Waals surface area contributed by atoms with Gasteiger partial charge in [0.25, 0.3) is 0 Å². The molecule has 0 atom stereocenters. The highest BCUT2D eigenvalue weighted by Gasteiger charge is 2.15. The minimum atomic E-state index is 1.08. The molecule has 0 heterocycles. The van der Waals surface area contributed by atoms with Crippen LogP contribution in [0.2, 0.25) is 0 Å². The third-order valence-corrected chi connectivity index (χ3v) is 5.74. The molecule has 0 aromatic heterocycles. The molecule has 0 saturated heterocycles. The molecule has 0 aliphatic heterocycles. The van der Waals surface area contributed by atoms with Crippen LogP contribution in [0.3, 0.4) is 0 Å². The molecule has 0 bridgehead atoms. The van der Waals surface area contributed by atoms with Gasteiger partial charge in [0.2, 0.25) is 0 Å². The molecule has 0 aliphatic rings. The second-order valence-corrected chi connectivity index (χ2v) is 7.10. The fraction of sp³-hybridized carbons (Fsp3) is 0.200. The first-order valence-corrected chi connectivity index (χ1v) is 9.43. The van der Waals surface area contributed by atoms with Crippen LogP contribution in [-0.2, 0) is 12.8 Å². The Balaban J connectivity index is 2.09. The fourth-order valence-corrected chi connectivity index (χ4v) is 4.63. The lowest BCUT2D eigenvalue weighted by atomic mass is 9.86. The second-order valence-electron chi connectivity index (χ2n) is 7.10. The summed E-state index contributed by atoms with van der Waals surface area (Å²) in [5.74, 6) is 0. The lowest BCUT2D eigenvalue weighted by molar-refractivity contribution is 0.930. The number of benzene rings is 5. The van der Waals surface area contributed by atoms with Crippen LogP contribution in [0.15, 0.2) is 60.7 Å². The van der Waals surface area contributed by atoms with Crippen molar-refractivity contribution >= 4 is 43.1 Å². The molecule has 0 fully saturated rings. The van der Waals surface area contributed by atoms with Crippen molar-refractivity contribution < 1.29 is 0 Å². The van der Waals surface area contributed by atoms with E-state index >= 15 is 0 Å². The molecule has 122 valence electrons. The normalized spacial score (nSPS) is 12.1. The summed E-state index contributed by atoms with van der Waals surface area (Å²) >= 11 is 0. The van der Waals surface area contributed by atoms with Crippen LogP contribution < -0.4 is 0 Å². The molecule has 0 nitrogen and oxygen atoms in total. The third-order valence-electron chi connectivity index (χ3n) is 5.74. The zero-order chi connectivity index (χ0) is 17.0. The van der Waals surface area contributed by atoms with Gasteiger partial charge < -0.3 is 0 Å². The maximum absolute atomic E-state index is 2.35. The predicted molar refractivity (Wildman–Crippen MR) is 111 cm³/mol. The third kappa shape index (κ3) is 1.94. The van der Waals surface area contributed by atoms with Crippen molar-refractivity contribution in [3.05, 3.63) is 71.8 Å². The molecular formula is C25H22. The van der Waals surface area contributed by atoms with E-state index in [4.69, 9.17) is 0 Å². The van der Waals surface area contributed by atoms with Crippen molar-refractivity contribution in [1.29, 1.82) is 0 Å². The Kier molecular flexibility index (Phi) is 3.21. The number of hydrogen-bond acceptors (Lipinski definition) is 0. The van der Waals surface area contributed by atoms with Crippen molar-refractivity contribution in [3.63, 3.8) is 0 Å². The van der Waals surface area contributed by atoms with E-state index in [9.17, 15) is 0 Å². The van der Waals surface area contributed by atoms with Gasteiger partial charge in [-0.25, -0.2) is 0 Å². The first-order valence-electron chi connectivity index (χ1n) is 9.43. The molecule has 25 heavy (non-hydrogen) atoms. The van der Waals surface area contributed by atoms with Gasteiger partial charge in [0.15, 0.2) is 0 Å². The first kappa shape index (κ1) is 14.7. The Morgan fingerprint density at radius 1 is 0.520 bits per heavy atom. The molecule has 5 rings (SSSR count). The first-order chi connectivity index (χ1) is 12.3. The van der Waals surface area contributed by atoms with Gasteiger partial charge in [-0.2, -0.15) is 0 Å². The standard InChI is InChI=1S/C25H22/c1-3-7-17-13-15-23-20-10-5-8-18-16(4-2)12-14-22(24(18)20)21-11-6-9-19(17)25(21)23/h5-6,8-15H,3-4,7H2,1-2H3. The maximum atomic E-state index is 2.35. The minimum Gasteiger partial charge on any atom is -0.0651 e. The number of fused-ring (bicyclic) bond motifs is 2. The minimum absolute atomic E-state index is 1.08. The monoisotopic (exact) mass is 322 g/mol. The van der Waals surface area contributed by atoms with E-state index in [2.05, 4.69) is 74.5 Å². The predicted octanol–water partition coefficient (Wildman–Crippen LogP) is 7.25. The maximum Gasteiger partial charge on any atom is -0.00236 e. The zero-order valence-corrected chi connectivity index (χ0v) is 14.9. The lowest BCUT2D eigenvalue weighted by Gasteiger charge is -2.17. The molecule has 0 radical (unpaired) electrons. The van der Waals surface area contributed by atoms with E-state index in [1.54, 1.807) is 0 Å². The SMILES string of the molecule is CCCc1ccc2c3cccc4c(CC)ccc(c5cccc1c52)c43. The number of aryl methyl sites for hydroxylation is 2. The average Bonchev–Trinajstić information content (AvgIpc) is 2.66. The Bertz CT molecular complexity index is 1210. The quantitative estimate of drug-likeness (QED) is 0.242. The summed E-state index contributed by atoms with van der Waals surface area (Å²) in [6.07, 6.45) is 3.41. The highest BCUT2D eigenvalue weighted by molar-refractivity contribution is 6.33. The zero-order valence-electron chi connectivity index (χ0n) is 14.9. The second kappa shape index (κ2) is 5.46. The molecule has 0 spiro atoms. The molecule has 0 unspecified atom stereocenters. The van der Waals surface area contributed by atoms with Crippen LogP contribution in [0, 0.1) is 0 Å². The van der Waals surface area contributed by atoms with Crippen molar-refractivity contribution in [3.8, 4) is 0 Å². The van der Waals surface area contributed by atoms with E-state index in [-0.39, 0.29) is 0 Å². The summed E-state index contributed by atoms with van der Waals surface area (Å²) in [5.41, 5.74) is 2.92. The smallest absolute Gasteiger partial charge is 0.00236 e. The Morgan fingerprint density at radius 2 is 1.00 bits per heavy atom. The van der Waals surface area contributed by atoms with Crippen LogP contribution in [0.1, 0.15) is 31.4 Å². The van der Waals surface area contributed by atoms with Crippen LogP contribution in [-0.4, -0.2) is 0 Å². The molecule has 5 aromatic carbocycles. The van der Waals surface area contributed by atoms with Crippen LogP contribution in [0.4, 0.5) is 0 Å². The highest BCUT2D eigenvalue weighted by atomic mass is 14.2. The fourth-order valence-electron chi connectivity index (χ4n) is 4.63. The molecule has 0 N–H and O–H groups in total.